The average Bonchev–Trinajstić information content (AvgIpc) is 3.38. The van der Waals surface area contributed by atoms with Crippen LogP contribution in [0.1, 0.15) is 70.4 Å². The van der Waals surface area contributed by atoms with Crippen molar-refractivity contribution in [1.82, 2.24) is 9.88 Å². The van der Waals surface area contributed by atoms with E-state index >= 15 is 0 Å². The van der Waals surface area contributed by atoms with Gasteiger partial charge >= 0.3 is 0 Å². The fourth-order valence-corrected chi connectivity index (χ4v) is 8.96. The van der Waals surface area contributed by atoms with Crippen LogP contribution in [-0.4, -0.2) is 49.1 Å². The smallest absolute Gasteiger partial charge is 0.246 e. The Bertz CT molecular complexity index is 884. The highest BCUT2D eigenvalue weighted by molar-refractivity contribution is 7.13. The number of amides is 1. The SMILES string of the molecule is COCCCNc1nc([C@H]2CC[C@H]3[C@@H]4CC[C@H]5N(C)C(=O)C=C[C@]5(C)[C@H]4CC[C@]23C)cs1. The number of hydrogen-bond donors (Lipinski definition) is 1. The lowest BCUT2D eigenvalue weighted by Crippen LogP contribution is -2.59. The zero-order valence-corrected chi connectivity index (χ0v) is 20.9. The second kappa shape index (κ2) is 8.43. The highest BCUT2D eigenvalue weighted by Crippen LogP contribution is 2.67. The predicted octanol–water partition coefficient (Wildman–Crippen LogP) is 5.31. The van der Waals surface area contributed by atoms with Gasteiger partial charge in [0, 0.05) is 50.1 Å². The van der Waals surface area contributed by atoms with E-state index in [1.807, 2.05) is 18.0 Å². The van der Waals surface area contributed by atoms with Crippen molar-refractivity contribution in [3.63, 3.8) is 0 Å². The number of methoxy groups -OCH3 is 1. The fourth-order valence-electron chi connectivity index (χ4n) is 8.16. The third kappa shape index (κ3) is 3.44. The number of aromatic nitrogens is 1. The number of likely N-dealkylation sites (N-methyl/N-ethyl adjacent to an activating group) is 1. The standard InChI is InChI=1S/C26H39N3O2S/c1-25-12-10-19-17(6-9-22-26(19,2)13-11-23(30)29(22)3)18(25)7-8-20(25)21-16-32-24(28-21)27-14-5-15-31-4/h11,13,16-20,22H,5-10,12,14-15H2,1-4H3,(H,27,28)/t17-,18-,19-,20+,22+,25-,26+/m0/s1. The van der Waals surface area contributed by atoms with Gasteiger partial charge < -0.3 is 15.0 Å². The number of fused-ring (bicyclic) bond motifs is 5. The summed E-state index contributed by atoms with van der Waals surface area (Å²) in [5.74, 6) is 3.01. The van der Waals surface area contributed by atoms with Crippen molar-refractivity contribution < 1.29 is 9.53 Å². The van der Waals surface area contributed by atoms with Crippen molar-refractivity contribution in [3.8, 4) is 0 Å². The largest absolute Gasteiger partial charge is 0.385 e. The first-order chi connectivity index (χ1) is 15.4. The molecule has 1 aromatic rings. The van der Waals surface area contributed by atoms with E-state index in [0.717, 1.165) is 43.0 Å². The molecule has 5 rings (SSSR count). The summed E-state index contributed by atoms with van der Waals surface area (Å²) in [6, 6.07) is 0.369. The molecular formula is C26H39N3O2S. The number of nitrogens with one attached hydrogen (secondary N) is 1. The number of carbonyl (C=O) groups is 1. The van der Waals surface area contributed by atoms with Crippen LogP contribution in [0.2, 0.25) is 0 Å². The monoisotopic (exact) mass is 457 g/mol. The summed E-state index contributed by atoms with van der Waals surface area (Å²) in [7, 11) is 3.76. The third-order valence-electron chi connectivity index (χ3n) is 9.81. The summed E-state index contributed by atoms with van der Waals surface area (Å²) in [6.07, 6.45) is 12.7. The lowest BCUT2D eigenvalue weighted by molar-refractivity contribution is -0.138. The molecular weight excluding hydrogens is 418 g/mol. The van der Waals surface area contributed by atoms with Crippen molar-refractivity contribution in [2.75, 3.05) is 32.6 Å². The van der Waals surface area contributed by atoms with Gasteiger partial charge in [0.1, 0.15) is 0 Å². The van der Waals surface area contributed by atoms with E-state index < -0.39 is 0 Å². The zero-order valence-electron chi connectivity index (χ0n) is 20.1. The predicted molar refractivity (Wildman–Crippen MR) is 130 cm³/mol. The van der Waals surface area contributed by atoms with Gasteiger partial charge in [-0.05, 0) is 74.2 Å². The molecule has 1 aromatic heterocycles. The van der Waals surface area contributed by atoms with Crippen molar-refractivity contribution in [3.05, 3.63) is 23.2 Å². The second-order valence-electron chi connectivity index (χ2n) is 11.1. The highest BCUT2D eigenvalue weighted by atomic mass is 32.1. The van der Waals surface area contributed by atoms with E-state index in [0.29, 0.717) is 23.3 Å². The van der Waals surface area contributed by atoms with Crippen LogP contribution in [0.5, 0.6) is 0 Å². The molecule has 0 unspecified atom stereocenters. The molecule has 0 saturated heterocycles. The molecule has 3 fully saturated rings. The molecule has 0 bridgehead atoms. The Balaban J connectivity index is 1.33. The Kier molecular flexibility index (Phi) is 5.90. The molecule has 2 heterocycles. The van der Waals surface area contributed by atoms with E-state index in [-0.39, 0.29) is 11.3 Å². The number of hydrogen-bond acceptors (Lipinski definition) is 5. The van der Waals surface area contributed by atoms with Crippen molar-refractivity contribution >= 4 is 22.4 Å². The Labute approximate surface area is 197 Å². The van der Waals surface area contributed by atoms with E-state index in [4.69, 9.17) is 9.72 Å². The van der Waals surface area contributed by atoms with E-state index in [1.54, 1.807) is 18.4 Å². The lowest BCUT2D eigenvalue weighted by atomic mass is 9.47. The molecule has 0 spiro atoms. The summed E-state index contributed by atoms with van der Waals surface area (Å²) >= 11 is 1.76. The first kappa shape index (κ1) is 22.4. The van der Waals surface area contributed by atoms with Crippen LogP contribution in [0.15, 0.2) is 17.5 Å². The number of carbonyl (C=O) groups excluding carboxylic acids is 1. The van der Waals surface area contributed by atoms with E-state index in [9.17, 15) is 4.79 Å². The minimum absolute atomic E-state index is 0.130. The molecule has 1 N–H and O–H groups in total. The molecule has 3 saturated carbocycles. The van der Waals surface area contributed by atoms with Crippen LogP contribution in [0.25, 0.3) is 0 Å². The number of anilines is 1. The molecule has 4 aliphatic rings. The Morgan fingerprint density at radius 2 is 2.06 bits per heavy atom. The van der Waals surface area contributed by atoms with Crippen LogP contribution in [0, 0.1) is 28.6 Å². The van der Waals surface area contributed by atoms with Gasteiger partial charge in [-0.25, -0.2) is 4.98 Å². The minimum atomic E-state index is 0.130. The highest BCUT2D eigenvalue weighted by Gasteiger charge is 2.60. The summed E-state index contributed by atoms with van der Waals surface area (Å²) in [5, 5.41) is 6.86. The van der Waals surface area contributed by atoms with Gasteiger partial charge in [-0.3, -0.25) is 4.79 Å². The number of rotatable bonds is 6. The minimum Gasteiger partial charge on any atom is -0.385 e. The van der Waals surface area contributed by atoms with Gasteiger partial charge in [0.05, 0.1) is 5.69 Å². The molecule has 176 valence electrons. The van der Waals surface area contributed by atoms with Crippen LogP contribution in [-0.2, 0) is 9.53 Å². The van der Waals surface area contributed by atoms with Crippen molar-refractivity contribution in [2.24, 2.45) is 28.6 Å². The molecule has 7 atom stereocenters. The lowest BCUT2D eigenvalue weighted by Gasteiger charge is -2.60. The third-order valence-corrected chi connectivity index (χ3v) is 10.6. The van der Waals surface area contributed by atoms with Gasteiger partial charge in [-0.15, -0.1) is 11.3 Å². The maximum Gasteiger partial charge on any atom is 0.246 e. The fraction of sp³-hybridized carbons (Fsp3) is 0.769. The first-order valence-electron chi connectivity index (χ1n) is 12.5. The van der Waals surface area contributed by atoms with Crippen LogP contribution >= 0.6 is 11.3 Å². The Hall–Kier alpha value is -1.40. The number of thiazole rings is 1. The second-order valence-corrected chi connectivity index (χ2v) is 12.0. The molecule has 1 amide bonds. The van der Waals surface area contributed by atoms with E-state index in [1.165, 1.54) is 37.8 Å². The summed E-state index contributed by atoms with van der Waals surface area (Å²) < 4.78 is 5.15. The molecule has 0 radical (unpaired) electrons. The van der Waals surface area contributed by atoms with E-state index in [2.05, 4.69) is 30.6 Å². The molecule has 1 aliphatic heterocycles. The van der Waals surface area contributed by atoms with Gasteiger partial charge in [0.25, 0.3) is 0 Å². The van der Waals surface area contributed by atoms with Gasteiger partial charge in [0.2, 0.25) is 5.91 Å². The first-order valence-corrected chi connectivity index (χ1v) is 13.4. The normalized spacial score (nSPS) is 40.7. The maximum atomic E-state index is 12.3. The summed E-state index contributed by atoms with van der Waals surface area (Å²) in [6.45, 7) is 6.71. The van der Waals surface area contributed by atoms with Crippen molar-refractivity contribution in [1.29, 1.82) is 0 Å². The zero-order chi connectivity index (χ0) is 22.5. The average molecular weight is 458 g/mol. The Morgan fingerprint density at radius 1 is 1.22 bits per heavy atom. The molecule has 6 heteroatoms. The number of nitrogens with zero attached hydrogens (tertiary/aromatic N) is 2. The summed E-state index contributed by atoms with van der Waals surface area (Å²) in [5.41, 5.74) is 1.80. The topological polar surface area (TPSA) is 54.5 Å². The van der Waals surface area contributed by atoms with Crippen molar-refractivity contribution in [2.45, 2.75) is 70.8 Å². The molecule has 5 nitrogen and oxygen atoms in total. The Morgan fingerprint density at radius 3 is 2.88 bits per heavy atom. The van der Waals surface area contributed by atoms with Gasteiger partial charge in [0.15, 0.2) is 5.13 Å². The number of ether oxygens (including phenoxy) is 1. The van der Waals surface area contributed by atoms with Crippen LogP contribution in [0.3, 0.4) is 0 Å². The van der Waals surface area contributed by atoms with Crippen LogP contribution in [0.4, 0.5) is 5.13 Å². The molecule has 0 aromatic carbocycles. The maximum absolute atomic E-state index is 12.3. The quantitative estimate of drug-likeness (QED) is 0.588. The van der Waals surface area contributed by atoms with Crippen LogP contribution < -0.4 is 5.32 Å². The summed E-state index contributed by atoms with van der Waals surface area (Å²) in [4.78, 5) is 19.4. The van der Waals surface area contributed by atoms with Gasteiger partial charge in [-0.2, -0.15) is 0 Å². The van der Waals surface area contributed by atoms with Gasteiger partial charge in [-0.1, -0.05) is 19.9 Å². The molecule has 32 heavy (non-hydrogen) atoms. The molecule has 3 aliphatic carbocycles.